The maximum Gasteiger partial charge on any atom is 0.437 e. The highest BCUT2D eigenvalue weighted by Crippen LogP contribution is 2.44. The van der Waals surface area contributed by atoms with E-state index in [1.165, 1.54) is 53.8 Å². The van der Waals surface area contributed by atoms with Crippen LogP contribution in [0.3, 0.4) is 0 Å². The first-order valence-corrected chi connectivity index (χ1v) is 8.24. The van der Waals surface area contributed by atoms with Gasteiger partial charge in [-0.05, 0) is 17.7 Å². The number of nitrogens with one attached hydrogen (secondary N) is 2. The predicted molar refractivity (Wildman–Crippen MR) is 91.1 cm³/mol. The molecule has 1 aliphatic heterocycles. The molecule has 2 aromatic rings. The van der Waals surface area contributed by atoms with Gasteiger partial charge in [0, 0.05) is 10.6 Å². The second-order valence-corrected chi connectivity index (χ2v) is 6.54. The second kappa shape index (κ2) is 6.86. The van der Waals surface area contributed by atoms with Gasteiger partial charge < -0.3 is 15.7 Å². The normalized spacial score (nSPS) is 25.4. The van der Waals surface area contributed by atoms with Crippen LogP contribution in [-0.2, 0) is 0 Å². The highest BCUT2D eigenvalue weighted by atomic mass is 35.5. The molecule has 1 aliphatic rings. The molecule has 0 aliphatic carbocycles. The SMILES string of the molecule is O=C1N[C@H](c2ccc(Cl)cc2)[C@@H](C(=O)c2ccccc2)[C@@](O)(C(F)(F)F)N1. The summed E-state index contributed by atoms with van der Waals surface area (Å²) in [5.74, 6) is -3.03. The van der Waals surface area contributed by atoms with Crippen LogP contribution in [0.4, 0.5) is 18.0 Å². The quantitative estimate of drug-likeness (QED) is 0.693. The Morgan fingerprint density at radius 3 is 2.22 bits per heavy atom. The number of Topliss-reactive ketones (excluding diaryl/α,β-unsaturated/α-hetero) is 1. The van der Waals surface area contributed by atoms with Crippen LogP contribution in [0.15, 0.2) is 54.6 Å². The fraction of sp³-hybridized carbons (Fsp3) is 0.222. The van der Waals surface area contributed by atoms with Crippen LogP contribution in [0.5, 0.6) is 0 Å². The van der Waals surface area contributed by atoms with Gasteiger partial charge in [0.05, 0.1) is 6.04 Å². The number of rotatable bonds is 3. The van der Waals surface area contributed by atoms with Gasteiger partial charge in [-0.2, -0.15) is 13.2 Å². The third kappa shape index (κ3) is 3.50. The van der Waals surface area contributed by atoms with E-state index in [4.69, 9.17) is 11.6 Å². The van der Waals surface area contributed by atoms with Crippen molar-refractivity contribution in [1.82, 2.24) is 10.6 Å². The summed E-state index contributed by atoms with van der Waals surface area (Å²) in [7, 11) is 0. The van der Waals surface area contributed by atoms with Crippen molar-refractivity contribution in [2.45, 2.75) is 17.9 Å². The molecule has 0 bridgehead atoms. The van der Waals surface area contributed by atoms with Crippen molar-refractivity contribution >= 4 is 23.4 Å². The van der Waals surface area contributed by atoms with Crippen molar-refractivity contribution in [3.63, 3.8) is 0 Å². The number of halogens is 4. The third-order valence-electron chi connectivity index (χ3n) is 4.38. The minimum atomic E-state index is -5.29. The maximum atomic E-state index is 13.7. The Morgan fingerprint density at radius 1 is 1.07 bits per heavy atom. The van der Waals surface area contributed by atoms with Gasteiger partial charge in [0.25, 0.3) is 0 Å². The molecular formula is C18H14ClF3N2O3. The molecule has 2 amide bonds. The molecule has 0 aromatic heterocycles. The maximum absolute atomic E-state index is 13.7. The molecular weight excluding hydrogens is 385 g/mol. The van der Waals surface area contributed by atoms with Gasteiger partial charge >= 0.3 is 12.2 Å². The molecule has 5 nitrogen and oxygen atoms in total. The number of benzene rings is 2. The first kappa shape index (κ1) is 19.2. The van der Waals surface area contributed by atoms with Gasteiger partial charge in [-0.15, -0.1) is 0 Å². The molecule has 0 radical (unpaired) electrons. The van der Waals surface area contributed by atoms with Crippen LogP contribution < -0.4 is 10.6 Å². The topological polar surface area (TPSA) is 78.4 Å². The summed E-state index contributed by atoms with van der Waals surface area (Å²) in [6.45, 7) is 0. The number of aliphatic hydroxyl groups is 1. The van der Waals surface area contributed by atoms with E-state index < -0.39 is 35.7 Å². The number of alkyl halides is 3. The lowest BCUT2D eigenvalue weighted by molar-refractivity contribution is -0.287. The number of hydrogen-bond acceptors (Lipinski definition) is 3. The Morgan fingerprint density at radius 2 is 1.67 bits per heavy atom. The van der Waals surface area contributed by atoms with E-state index >= 15 is 0 Å². The lowest BCUT2D eigenvalue weighted by Gasteiger charge is -2.45. The summed E-state index contributed by atoms with van der Waals surface area (Å²) in [6.07, 6.45) is -5.29. The standard InChI is InChI=1S/C18H14ClF3N2O3/c19-12-8-6-10(7-9-12)14-13(15(25)11-4-2-1-3-5-11)17(27,18(20,21)22)24-16(26)23-14/h1-9,13-14,27H,(H2,23,24,26)/t13-,14+,17+/m0/s1. The third-order valence-corrected chi connectivity index (χ3v) is 4.63. The van der Waals surface area contributed by atoms with E-state index in [0.717, 1.165) is 0 Å². The molecule has 2 aromatic carbocycles. The van der Waals surface area contributed by atoms with Gasteiger partial charge in [-0.25, -0.2) is 4.79 Å². The van der Waals surface area contributed by atoms with Gasteiger partial charge in [0.15, 0.2) is 5.78 Å². The molecule has 3 atom stereocenters. The zero-order chi connectivity index (χ0) is 19.8. The molecule has 0 saturated carbocycles. The number of amides is 2. The molecule has 1 saturated heterocycles. The Balaban J connectivity index is 2.15. The molecule has 1 fully saturated rings. The Bertz CT molecular complexity index is 858. The van der Waals surface area contributed by atoms with Crippen molar-refractivity contribution in [3.05, 3.63) is 70.7 Å². The molecule has 0 unspecified atom stereocenters. The number of carbonyl (C=O) groups is 2. The van der Waals surface area contributed by atoms with E-state index in [2.05, 4.69) is 5.32 Å². The molecule has 3 N–H and O–H groups in total. The number of carbonyl (C=O) groups excluding carboxylic acids is 2. The van der Waals surface area contributed by atoms with Gasteiger partial charge in [-0.1, -0.05) is 54.1 Å². The van der Waals surface area contributed by atoms with Crippen molar-refractivity contribution < 1.29 is 27.9 Å². The summed E-state index contributed by atoms with van der Waals surface area (Å²) in [5.41, 5.74) is -3.57. The van der Waals surface area contributed by atoms with Gasteiger partial charge in [-0.3, -0.25) is 4.79 Å². The van der Waals surface area contributed by atoms with E-state index in [1.54, 1.807) is 6.07 Å². The van der Waals surface area contributed by atoms with Crippen LogP contribution in [0.2, 0.25) is 5.02 Å². The Labute approximate surface area is 157 Å². The van der Waals surface area contributed by atoms with Crippen LogP contribution in [0.1, 0.15) is 22.0 Å². The fourth-order valence-corrected chi connectivity index (χ4v) is 3.19. The minimum absolute atomic E-state index is 0.0258. The molecule has 0 spiro atoms. The van der Waals surface area contributed by atoms with Crippen molar-refractivity contribution in [1.29, 1.82) is 0 Å². The first-order chi connectivity index (χ1) is 12.6. The van der Waals surface area contributed by atoms with Crippen LogP contribution in [-0.4, -0.2) is 28.8 Å². The van der Waals surface area contributed by atoms with Crippen LogP contribution in [0, 0.1) is 5.92 Å². The molecule has 9 heteroatoms. The van der Waals surface area contributed by atoms with E-state index in [-0.39, 0.29) is 11.1 Å². The van der Waals surface area contributed by atoms with Crippen LogP contribution >= 0.6 is 11.6 Å². The van der Waals surface area contributed by atoms with Crippen molar-refractivity contribution in [2.24, 2.45) is 5.92 Å². The Kier molecular flexibility index (Phi) is 4.88. The summed E-state index contributed by atoms with van der Waals surface area (Å²) in [4.78, 5) is 24.8. The Hall–Kier alpha value is -2.58. The zero-order valence-electron chi connectivity index (χ0n) is 13.6. The highest BCUT2D eigenvalue weighted by Gasteiger charge is 2.66. The van der Waals surface area contributed by atoms with E-state index in [9.17, 15) is 27.9 Å². The molecule has 27 heavy (non-hydrogen) atoms. The molecule has 3 rings (SSSR count). The lowest BCUT2D eigenvalue weighted by atomic mass is 9.77. The highest BCUT2D eigenvalue weighted by molar-refractivity contribution is 6.30. The minimum Gasteiger partial charge on any atom is -0.363 e. The van der Waals surface area contributed by atoms with Gasteiger partial charge in [0.1, 0.15) is 5.92 Å². The predicted octanol–water partition coefficient (Wildman–Crippen LogP) is 3.44. The number of ketones is 1. The summed E-state index contributed by atoms with van der Waals surface area (Å²) in [5, 5.41) is 14.5. The summed E-state index contributed by atoms with van der Waals surface area (Å²) >= 11 is 5.81. The van der Waals surface area contributed by atoms with E-state index in [1.807, 2.05) is 0 Å². The first-order valence-electron chi connectivity index (χ1n) is 7.86. The van der Waals surface area contributed by atoms with Crippen LogP contribution in [0.25, 0.3) is 0 Å². The molecule has 1 heterocycles. The largest absolute Gasteiger partial charge is 0.437 e. The number of hydrogen-bond donors (Lipinski definition) is 3. The fourth-order valence-electron chi connectivity index (χ4n) is 3.07. The molecule has 142 valence electrons. The summed E-state index contributed by atoms with van der Waals surface area (Å²) < 4.78 is 41.1. The zero-order valence-corrected chi connectivity index (χ0v) is 14.4. The monoisotopic (exact) mass is 398 g/mol. The number of urea groups is 1. The smallest absolute Gasteiger partial charge is 0.363 e. The van der Waals surface area contributed by atoms with Crippen molar-refractivity contribution in [2.75, 3.05) is 0 Å². The average Bonchev–Trinajstić information content (AvgIpc) is 2.61. The average molecular weight is 399 g/mol. The lowest BCUT2D eigenvalue weighted by Crippen LogP contribution is -2.72. The van der Waals surface area contributed by atoms with Crippen molar-refractivity contribution in [3.8, 4) is 0 Å². The van der Waals surface area contributed by atoms with Gasteiger partial charge in [0.2, 0.25) is 5.72 Å². The summed E-state index contributed by atoms with van der Waals surface area (Å²) in [6, 6.07) is 10.2. The van der Waals surface area contributed by atoms with E-state index in [0.29, 0.717) is 5.02 Å². The second-order valence-electron chi connectivity index (χ2n) is 6.10.